The van der Waals surface area contributed by atoms with Gasteiger partial charge < -0.3 is 0 Å². The standard InChI is InChI=1S/C13H12F3NS/c1-3-7(2)11-6-18-13(17-11)8-4-9(14)12(16)10(15)5-8/h4-7H,3H2,1-2H3. The van der Waals surface area contributed by atoms with E-state index in [1.165, 1.54) is 11.3 Å². The Hall–Kier alpha value is -1.36. The van der Waals surface area contributed by atoms with Crippen molar-refractivity contribution < 1.29 is 13.2 Å². The van der Waals surface area contributed by atoms with Crippen LogP contribution in [0.5, 0.6) is 0 Å². The maximum absolute atomic E-state index is 13.1. The number of rotatable bonds is 3. The summed E-state index contributed by atoms with van der Waals surface area (Å²) in [6.45, 7) is 4.07. The van der Waals surface area contributed by atoms with Gasteiger partial charge in [0.2, 0.25) is 0 Å². The second-order valence-electron chi connectivity index (χ2n) is 4.14. The Kier molecular flexibility index (Phi) is 3.71. The third-order valence-corrected chi connectivity index (χ3v) is 3.78. The van der Waals surface area contributed by atoms with Crippen LogP contribution in [0.3, 0.4) is 0 Å². The van der Waals surface area contributed by atoms with Gasteiger partial charge in [0.1, 0.15) is 5.01 Å². The van der Waals surface area contributed by atoms with Gasteiger partial charge in [-0.1, -0.05) is 13.8 Å². The highest BCUT2D eigenvalue weighted by molar-refractivity contribution is 7.13. The molecule has 0 radical (unpaired) electrons. The highest BCUT2D eigenvalue weighted by atomic mass is 32.1. The molecule has 2 rings (SSSR count). The molecule has 1 nitrogen and oxygen atoms in total. The Morgan fingerprint density at radius 2 is 1.83 bits per heavy atom. The minimum absolute atomic E-state index is 0.269. The molecule has 0 aliphatic carbocycles. The maximum Gasteiger partial charge on any atom is 0.194 e. The summed E-state index contributed by atoms with van der Waals surface area (Å²) in [6.07, 6.45) is 0.940. The first-order valence-electron chi connectivity index (χ1n) is 5.63. The Balaban J connectivity index is 2.40. The summed E-state index contributed by atoms with van der Waals surface area (Å²) in [7, 11) is 0. The van der Waals surface area contributed by atoms with E-state index in [9.17, 15) is 13.2 Å². The van der Waals surface area contributed by atoms with Gasteiger partial charge in [0.15, 0.2) is 17.5 Å². The molecule has 1 atom stereocenters. The van der Waals surface area contributed by atoms with E-state index < -0.39 is 17.5 Å². The van der Waals surface area contributed by atoms with Crippen molar-refractivity contribution in [3.8, 4) is 10.6 Å². The van der Waals surface area contributed by atoms with Gasteiger partial charge in [-0.3, -0.25) is 0 Å². The van der Waals surface area contributed by atoms with Gasteiger partial charge in [-0.2, -0.15) is 0 Å². The second-order valence-corrected chi connectivity index (χ2v) is 5.00. The van der Waals surface area contributed by atoms with Crippen LogP contribution in [-0.4, -0.2) is 4.98 Å². The van der Waals surface area contributed by atoms with Crippen molar-refractivity contribution in [2.75, 3.05) is 0 Å². The van der Waals surface area contributed by atoms with Crippen molar-refractivity contribution in [2.24, 2.45) is 0 Å². The fourth-order valence-electron chi connectivity index (χ4n) is 1.53. The van der Waals surface area contributed by atoms with Crippen LogP contribution in [0, 0.1) is 17.5 Å². The Morgan fingerprint density at radius 1 is 1.22 bits per heavy atom. The van der Waals surface area contributed by atoms with E-state index in [1.54, 1.807) is 0 Å². The molecule has 1 aromatic carbocycles. The molecule has 0 aliphatic rings. The highest BCUT2D eigenvalue weighted by Gasteiger charge is 2.15. The van der Waals surface area contributed by atoms with Gasteiger partial charge in [0.25, 0.3) is 0 Å². The van der Waals surface area contributed by atoms with Crippen LogP contribution in [0.25, 0.3) is 10.6 Å². The van der Waals surface area contributed by atoms with Crippen LogP contribution < -0.4 is 0 Å². The molecule has 2 aromatic rings. The molecule has 0 saturated heterocycles. The smallest absolute Gasteiger partial charge is 0.194 e. The van der Waals surface area contributed by atoms with E-state index in [0.29, 0.717) is 10.9 Å². The lowest BCUT2D eigenvalue weighted by Crippen LogP contribution is -1.93. The Labute approximate surface area is 107 Å². The van der Waals surface area contributed by atoms with Gasteiger partial charge in [-0.15, -0.1) is 11.3 Å². The SMILES string of the molecule is CCC(C)c1csc(-c2cc(F)c(F)c(F)c2)n1. The van der Waals surface area contributed by atoms with E-state index in [-0.39, 0.29) is 5.56 Å². The van der Waals surface area contributed by atoms with Crippen LogP contribution >= 0.6 is 11.3 Å². The monoisotopic (exact) mass is 271 g/mol. The van der Waals surface area contributed by atoms with Crippen LogP contribution in [0.1, 0.15) is 31.9 Å². The average molecular weight is 271 g/mol. The molecule has 0 spiro atoms. The number of hydrogen-bond donors (Lipinski definition) is 0. The zero-order chi connectivity index (χ0) is 13.3. The van der Waals surface area contributed by atoms with E-state index >= 15 is 0 Å². The quantitative estimate of drug-likeness (QED) is 0.735. The summed E-state index contributed by atoms with van der Waals surface area (Å²) >= 11 is 1.30. The van der Waals surface area contributed by atoms with Crippen LogP contribution in [0.4, 0.5) is 13.2 Å². The molecule has 0 aliphatic heterocycles. The van der Waals surface area contributed by atoms with Gasteiger partial charge in [0.05, 0.1) is 5.69 Å². The molecular formula is C13H12F3NS. The second kappa shape index (κ2) is 5.10. The van der Waals surface area contributed by atoms with Crippen molar-refractivity contribution in [3.05, 3.63) is 40.7 Å². The summed E-state index contributed by atoms with van der Waals surface area (Å²) in [5, 5.41) is 2.37. The van der Waals surface area contributed by atoms with Crippen molar-refractivity contribution >= 4 is 11.3 Å². The highest BCUT2D eigenvalue weighted by Crippen LogP contribution is 2.29. The van der Waals surface area contributed by atoms with Gasteiger partial charge in [-0.25, -0.2) is 18.2 Å². The molecule has 1 heterocycles. The minimum atomic E-state index is -1.45. The fraction of sp³-hybridized carbons (Fsp3) is 0.308. The summed E-state index contributed by atoms with van der Waals surface area (Å²) in [5.41, 5.74) is 1.16. The zero-order valence-corrected chi connectivity index (χ0v) is 10.8. The van der Waals surface area contributed by atoms with E-state index in [0.717, 1.165) is 24.2 Å². The molecule has 0 fully saturated rings. The summed E-state index contributed by atoms with van der Waals surface area (Å²) < 4.78 is 39.1. The number of halogens is 3. The molecule has 96 valence electrons. The lowest BCUT2D eigenvalue weighted by atomic mass is 10.1. The Morgan fingerprint density at radius 3 is 2.39 bits per heavy atom. The molecule has 0 bridgehead atoms. The maximum atomic E-state index is 13.1. The van der Waals surface area contributed by atoms with Gasteiger partial charge in [0, 0.05) is 10.9 Å². The predicted octanol–water partition coefficient (Wildman–Crippen LogP) is 4.74. The van der Waals surface area contributed by atoms with E-state index in [2.05, 4.69) is 4.98 Å². The molecule has 1 unspecified atom stereocenters. The molecule has 0 amide bonds. The fourth-order valence-corrected chi connectivity index (χ4v) is 2.46. The number of nitrogens with zero attached hydrogens (tertiary/aromatic N) is 1. The van der Waals surface area contributed by atoms with Crippen molar-refractivity contribution in [1.29, 1.82) is 0 Å². The molecule has 0 N–H and O–H groups in total. The van der Waals surface area contributed by atoms with Crippen molar-refractivity contribution in [2.45, 2.75) is 26.2 Å². The lowest BCUT2D eigenvalue weighted by molar-refractivity contribution is 0.447. The number of aromatic nitrogens is 1. The van der Waals surface area contributed by atoms with E-state index in [4.69, 9.17) is 0 Å². The topological polar surface area (TPSA) is 12.9 Å². The third kappa shape index (κ3) is 2.41. The van der Waals surface area contributed by atoms with Gasteiger partial charge >= 0.3 is 0 Å². The first-order valence-corrected chi connectivity index (χ1v) is 6.51. The number of benzene rings is 1. The van der Waals surface area contributed by atoms with Crippen LogP contribution in [0.15, 0.2) is 17.5 Å². The minimum Gasteiger partial charge on any atom is -0.241 e. The predicted molar refractivity (Wildman–Crippen MR) is 66.1 cm³/mol. The molecule has 5 heteroatoms. The largest absolute Gasteiger partial charge is 0.241 e. The van der Waals surface area contributed by atoms with E-state index in [1.807, 2.05) is 19.2 Å². The van der Waals surface area contributed by atoms with Crippen molar-refractivity contribution in [3.63, 3.8) is 0 Å². The van der Waals surface area contributed by atoms with Crippen LogP contribution in [0.2, 0.25) is 0 Å². The van der Waals surface area contributed by atoms with Crippen molar-refractivity contribution in [1.82, 2.24) is 4.98 Å². The number of thiazole rings is 1. The average Bonchev–Trinajstić information content (AvgIpc) is 2.84. The van der Waals surface area contributed by atoms with Crippen LogP contribution in [-0.2, 0) is 0 Å². The normalized spacial score (nSPS) is 12.7. The zero-order valence-electron chi connectivity index (χ0n) is 10.0. The first kappa shape index (κ1) is 13.1. The van der Waals surface area contributed by atoms with Gasteiger partial charge in [-0.05, 0) is 24.5 Å². The summed E-state index contributed by atoms with van der Waals surface area (Å²) in [5.74, 6) is -3.53. The summed E-state index contributed by atoms with van der Waals surface area (Å²) in [4.78, 5) is 4.33. The number of hydrogen-bond acceptors (Lipinski definition) is 2. The summed E-state index contributed by atoms with van der Waals surface area (Å²) in [6, 6.07) is 1.94. The molecular weight excluding hydrogens is 259 g/mol. The lowest BCUT2D eigenvalue weighted by Gasteiger charge is -2.03. The third-order valence-electron chi connectivity index (χ3n) is 2.87. The molecule has 18 heavy (non-hydrogen) atoms. The molecule has 0 saturated carbocycles. The molecule has 1 aromatic heterocycles. The Bertz CT molecular complexity index is 542. The first-order chi connectivity index (χ1) is 8.52.